The highest BCUT2D eigenvalue weighted by Crippen LogP contribution is 2.36. The van der Waals surface area contributed by atoms with Crippen LogP contribution in [0.15, 0.2) is 0 Å². The number of carboxylic acids is 1. The minimum atomic E-state index is -1.36. The van der Waals surface area contributed by atoms with Gasteiger partial charge in [-0.2, -0.15) is 0 Å². The third-order valence-electron chi connectivity index (χ3n) is 2.21. The summed E-state index contributed by atoms with van der Waals surface area (Å²) in [6.45, 7) is 7.02. The standard InChI is InChI=1S/C10H16O5/c1-9(2,3)8-14-7(13)10(4,15-8)5-6(11)12/h8H,5H2,1-4H3,(H,11,12)/t8?,10-/m0/s1. The van der Waals surface area contributed by atoms with Gasteiger partial charge in [0.25, 0.3) is 0 Å². The Bertz CT molecular complexity index is 291. The molecule has 1 saturated heterocycles. The van der Waals surface area contributed by atoms with E-state index in [0.29, 0.717) is 0 Å². The lowest BCUT2D eigenvalue weighted by molar-refractivity contribution is -0.158. The second-order valence-corrected chi connectivity index (χ2v) is 5.02. The van der Waals surface area contributed by atoms with Crippen molar-refractivity contribution >= 4 is 11.9 Å². The fraction of sp³-hybridized carbons (Fsp3) is 0.800. The van der Waals surface area contributed by atoms with Gasteiger partial charge in [0.1, 0.15) is 0 Å². The minimum Gasteiger partial charge on any atom is -0.481 e. The molecule has 1 heterocycles. The average molecular weight is 216 g/mol. The molecule has 86 valence electrons. The largest absolute Gasteiger partial charge is 0.481 e. The van der Waals surface area contributed by atoms with Crippen LogP contribution in [-0.2, 0) is 19.1 Å². The van der Waals surface area contributed by atoms with Gasteiger partial charge in [-0.1, -0.05) is 20.8 Å². The van der Waals surface area contributed by atoms with Crippen molar-refractivity contribution in [2.24, 2.45) is 5.41 Å². The van der Waals surface area contributed by atoms with Gasteiger partial charge >= 0.3 is 11.9 Å². The molecule has 1 rings (SSSR count). The van der Waals surface area contributed by atoms with E-state index in [9.17, 15) is 9.59 Å². The van der Waals surface area contributed by atoms with Crippen molar-refractivity contribution in [3.8, 4) is 0 Å². The molecule has 5 heteroatoms. The van der Waals surface area contributed by atoms with Crippen LogP contribution in [0.25, 0.3) is 0 Å². The number of aliphatic carboxylic acids is 1. The van der Waals surface area contributed by atoms with Gasteiger partial charge < -0.3 is 14.6 Å². The van der Waals surface area contributed by atoms with Crippen LogP contribution in [0.5, 0.6) is 0 Å². The number of rotatable bonds is 2. The maximum Gasteiger partial charge on any atom is 0.341 e. The van der Waals surface area contributed by atoms with Gasteiger partial charge in [-0.3, -0.25) is 4.79 Å². The Kier molecular flexibility index (Phi) is 2.78. The first-order valence-corrected chi connectivity index (χ1v) is 4.76. The number of esters is 1. The minimum absolute atomic E-state index is 0.355. The van der Waals surface area contributed by atoms with E-state index in [4.69, 9.17) is 14.6 Å². The highest BCUT2D eigenvalue weighted by atomic mass is 16.8. The molecule has 0 spiro atoms. The molecule has 2 atom stereocenters. The summed E-state index contributed by atoms with van der Waals surface area (Å²) in [6, 6.07) is 0. The zero-order chi connectivity index (χ0) is 11.9. The van der Waals surface area contributed by atoms with Crippen molar-refractivity contribution in [3.63, 3.8) is 0 Å². The molecule has 0 radical (unpaired) electrons. The summed E-state index contributed by atoms with van der Waals surface area (Å²) in [6.07, 6.45) is -1.06. The van der Waals surface area contributed by atoms with Crippen molar-refractivity contribution in [3.05, 3.63) is 0 Å². The lowest BCUT2D eigenvalue weighted by atomic mass is 9.96. The van der Waals surface area contributed by atoms with Gasteiger partial charge in [0.2, 0.25) is 6.29 Å². The summed E-state index contributed by atoms with van der Waals surface area (Å²) in [5, 5.41) is 8.66. The Balaban J connectivity index is 2.80. The van der Waals surface area contributed by atoms with E-state index in [1.165, 1.54) is 6.92 Å². The number of cyclic esters (lactones) is 1. The van der Waals surface area contributed by atoms with Crippen LogP contribution in [0, 0.1) is 5.41 Å². The molecule has 1 unspecified atom stereocenters. The van der Waals surface area contributed by atoms with Gasteiger partial charge in [-0.15, -0.1) is 0 Å². The molecule has 1 aliphatic heterocycles. The van der Waals surface area contributed by atoms with Gasteiger partial charge in [0, 0.05) is 5.41 Å². The Labute approximate surface area is 88.4 Å². The highest BCUT2D eigenvalue weighted by molar-refractivity contribution is 5.86. The summed E-state index contributed by atoms with van der Waals surface area (Å²) >= 11 is 0. The van der Waals surface area contributed by atoms with E-state index in [1.54, 1.807) is 0 Å². The van der Waals surface area contributed by atoms with E-state index in [-0.39, 0.29) is 11.8 Å². The summed E-state index contributed by atoms with van der Waals surface area (Å²) in [7, 11) is 0. The SMILES string of the molecule is CC(C)(C)C1OC(=O)[C@](C)(CC(=O)O)O1. The molecule has 1 fully saturated rings. The molecular formula is C10H16O5. The second-order valence-electron chi connectivity index (χ2n) is 5.02. The van der Waals surface area contributed by atoms with Crippen molar-refractivity contribution in [1.29, 1.82) is 0 Å². The van der Waals surface area contributed by atoms with Crippen LogP contribution in [0.2, 0.25) is 0 Å². The zero-order valence-corrected chi connectivity index (χ0v) is 9.36. The van der Waals surface area contributed by atoms with Crippen LogP contribution in [0.4, 0.5) is 0 Å². The predicted molar refractivity (Wildman–Crippen MR) is 51.1 cm³/mol. The molecular weight excluding hydrogens is 200 g/mol. The van der Waals surface area contributed by atoms with Crippen molar-refractivity contribution in [2.45, 2.75) is 46.0 Å². The molecule has 0 aliphatic carbocycles. The monoisotopic (exact) mass is 216 g/mol. The predicted octanol–water partition coefficient (Wildman–Crippen LogP) is 1.17. The van der Waals surface area contributed by atoms with E-state index < -0.39 is 23.8 Å². The number of hydrogen-bond donors (Lipinski definition) is 1. The maximum atomic E-state index is 11.5. The quantitative estimate of drug-likeness (QED) is 0.701. The lowest BCUT2D eigenvalue weighted by Gasteiger charge is -2.25. The molecule has 0 aromatic carbocycles. The molecule has 1 N–H and O–H groups in total. The molecule has 0 aromatic heterocycles. The van der Waals surface area contributed by atoms with Crippen LogP contribution in [0.1, 0.15) is 34.1 Å². The van der Waals surface area contributed by atoms with Gasteiger partial charge in [0.05, 0.1) is 6.42 Å². The normalized spacial score (nSPS) is 31.5. The van der Waals surface area contributed by atoms with Crippen LogP contribution < -0.4 is 0 Å². The molecule has 0 saturated carbocycles. The number of ether oxygens (including phenoxy) is 2. The Morgan fingerprint density at radius 3 is 2.40 bits per heavy atom. The first-order chi connectivity index (χ1) is 6.65. The summed E-state index contributed by atoms with van der Waals surface area (Å²) in [5.41, 5.74) is -1.71. The maximum absolute atomic E-state index is 11.5. The van der Waals surface area contributed by atoms with Crippen molar-refractivity contribution in [1.82, 2.24) is 0 Å². The number of hydrogen-bond acceptors (Lipinski definition) is 4. The van der Waals surface area contributed by atoms with E-state index in [0.717, 1.165) is 0 Å². The molecule has 1 aliphatic rings. The van der Waals surface area contributed by atoms with Crippen LogP contribution >= 0.6 is 0 Å². The van der Waals surface area contributed by atoms with E-state index in [2.05, 4.69) is 0 Å². The van der Waals surface area contributed by atoms with E-state index >= 15 is 0 Å². The highest BCUT2D eigenvalue weighted by Gasteiger charge is 2.51. The fourth-order valence-electron chi connectivity index (χ4n) is 1.29. The van der Waals surface area contributed by atoms with Gasteiger partial charge in [-0.25, -0.2) is 4.79 Å². The Morgan fingerprint density at radius 2 is 2.07 bits per heavy atom. The van der Waals surface area contributed by atoms with Gasteiger partial charge in [0.15, 0.2) is 5.60 Å². The zero-order valence-electron chi connectivity index (χ0n) is 9.36. The molecule has 0 aromatic rings. The molecule has 15 heavy (non-hydrogen) atoms. The third kappa shape index (κ3) is 2.47. The molecule has 0 bridgehead atoms. The Hall–Kier alpha value is -1.10. The first-order valence-electron chi connectivity index (χ1n) is 4.76. The summed E-state index contributed by atoms with van der Waals surface area (Å²) in [5.74, 6) is -1.69. The second kappa shape index (κ2) is 3.48. The number of carboxylic acid groups (broad SMARTS) is 1. The van der Waals surface area contributed by atoms with Gasteiger partial charge in [-0.05, 0) is 6.92 Å². The Morgan fingerprint density at radius 1 is 1.53 bits per heavy atom. The molecule has 0 amide bonds. The summed E-state index contributed by atoms with van der Waals surface area (Å²) < 4.78 is 10.4. The average Bonchev–Trinajstić information content (AvgIpc) is 2.25. The smallest absolute Gasteiger partial charge is 0.341 e. The fourth-order valence-corrected chi connectivity index (χ4v) is 1.29. The van der Waals surface area contributed by atoms with E-state index in [1.807, 2.05) is 20.8 Å². The first kappa shape index (κ1) is 12.0. The van der Waals surface area contributed by atoms with Crippen molar-refractivity contribution in [2.75, 3.05) is 0 Å². The number of carbonyl (C=O) groups is 2. The topological polar surface area (TPSA) is 72.8 Å². The van der Waals surface area contributed by atoms with Crippen LogP contribution in [0.3, 0.4) is 0 Å². The van der Waals surface area contributed by atoms with Crippen molar-refractivity contribution < 1.29 is 24.2 Å². The van der Waals surface area contributed by atoms with Crippen LogP contribution in [-0.4, -0.2) is 28.9 Å². The third-order valence-corrected chi connectivity index (χ3v) is 2.21. The summed E-state index contributed by atoms with van der Waals surface area (Å²) in [4.78, 5) is 22.1. The number of carbonyl (C=O) groups excluding carboxylic acids is 1. The molecule has 5 nitrogen and oxygen atoms in total. The lowest BCUT2D eigenvalue weighted by Crippen LogP contribution is -2.36.